The molecule has 0 spiro atoms. The second-order valence-corrected chi connectivity index (χ2v) is 8.86. The van der Waals surface area contributed by atoms with E-state index in [1.165, 1.54) is 25.4 Å². The van der Waals surface area contributed by atoms with Gasteiger partial charge in [-0.1, -0.05) is 31.6 Å². The van der Waals surface area contributed by atoms with Crippen molar-refractivity contribution in [2.45, 2.75) is 46.7 Å². The molecule has 8 heteroatoms. The van der Waals surface area contributed by atoms with Crippen LogP contribution in [0.3, 0.4) is 0 Å². The van der Waals surface area contributed by atoms with E-state index >= 15 is 0 Å². The Balaban J connectivity index is 2.07. The first-order valence-electron chi connectivity index (χ1n) is 11.9. The van der Waals surface area contributed by atoms with Crippen LogP contribution >= 0.6 is 0 Å². The number of allylic oxidation sites excluding steroid dienone is 3. The number of carbonyl (C=O) groups excluding carboxylic acids is 1. The van der Waals surface area contributed by atoms with Crippen LogP contribution in [0.15, 0.2) is 48.2 Å². The van der Waals surface area contributed by atoms with Gasteiger partial charge < -0.3 is 19.7 Å². The van der Waals surface area contributed by atoms with E-state index in [1.807, 2.05) is 30.3 Å². The number of ether oxygens (including phenoxy) is 2. The normalized spacial score (nSPS) is 15.3. The molecule has 1 N–H and O–H groups in total. The molecule has 0 aliphatic heterocycles. The largest absolute Gasteiger partial charge is 0.496 e. The van der Waals surface area contributed by atoms with Gasteiger partial charge in [-0.05, 0) is 55.5 Å². The van der Waals surface area contributed by atoms with Crippen molar-refractivity contribution in [1.29, 1.82) is 0 Å². The zero-order chi connectivity index (χ0) is 26.6. The molecule has 0 saturated carbocycles. The third kappa shape index (κ3) is 6.22. The van der Waals surface area contributed by atoms with Gasteiger partial charge in [0.25, 0.3) is 5.91 Å². The van der Waals surface area contributed by atoms with Crippen LogP contribution in [-0.4, -0.2) is 32.8 Å². The van der Waals surface area contributed by atoms with Crippen LogP contribution in [0.25, 0.3) is 5.57 Å². The van der Waals surface area contributed by atoms with Gasteiger partial charge in [-0.25, -0.2) is 0 Å². The molecule has 1 aliphatic carbocycles. The SMILES string of the molecule is CC/C(C)=C\N(c1cc(OC)c(C(=O)NCC(F)(F)F)c(OC)c1)c1ccc(C2=CC2CC)cc1C. The Hall–Kier alpha value is -3.42. The Morgan fingerprint density at radius 3 is 2.22 bits per heavy atom. The van der Waals surface area contributed by atoms with Crippen molar-refractivity contribution < 1.29 is 27.4 Å². The van der Waals surface area contributed by atoms with E-state index in [1.54, 1.807) is 12.1 Å². The number of methoxy groups -OCH3 is 2. The minimum absolute atomic E-state index is 0.0949. The summed E-state index contributed by atoms with van der Waals surface area (Å²) in [5.41, 5.74) is 6.21. The Morgan fingerprint density at radius 1 is 1.11 bits per heavy atom. The summed E-state index contributed by atoms with van der Waals surface area (Å²) < 4.78 is 48.9. The number of carbonyl (C=O) groups is 1. The van der Waals surface area contributed by atoms with Gasteiger partial charge in [0.15, 0.2) is 0 Å². The summed E-state index contributed by atoms with van der Waals surface area (Å²) in [6.07, 6.45) is 1.65. The topological polar surface area (TPSA) is 50.8 Å². The van der Waals surface area contributed by atoms with Gasteiger partial charge >= 0.3 is 6.18 Å². The van der Waals surface area contributed by atoms with Crippen LogP contribution in [-0.2, 0) is 0 Å². The highest BCUT2D eigenvalue weighted by Gasteiger charge is 2.30. The van der Waals surface area contributed by atoms with Crippen LogP contribution in [0.2, 0.25) is 0 Å². The van der Waals surface area contributed by atoms with Crippen molar-refractivity contribution in [2.75, 3.05) is 25.7 Å². The van der Waals surface area contributed by atoms with E-state index in [4.69, 9.17) is 9.47 Å². The number of anilines is 2. The number of hydrogen-bond acceptors (Lipinski definition) is 4. The summed E-state index contributed by atoms with van der Waals surface area (Å²) in [5.74, 6) is -0.166. The number of nitrogens with zero attached hydrogens (tertiary/aromatic N) is 1. The maximum atomic E-state index is 12.7. The summed E-state index contributed by atoms with van der Waals surface area (Å²) in [4.78, 5) is 14.6. The zero-order valence-electron chi connectivity index (χ0n) is 21.5. The summed E-state index contributed by atoms with van der Waals surface area (Å²) in [6, 6.07) is 9.58. The fourth-order valence-corrected chi connectivity index (χ4v) is 4.05. The van der Waals surface area contributed by atoms with E-state index in [9.17, 15) is 18.0 Å². The van der Waals surface area contributed by atoms with Gasteiger partial charge in [0.1, 0.15) is 23.6 Å². The Bertz CT molecular complexity index is 1160. The number of rotatable bonds is 10. The number of hydrogen-bond donors (Lipinski definition) is 1. The summed E-state index contributed by atoms with van der Waals surface area (Å²) in [7, 11) is 2.73. The first-order chi connectivity index (χ1) is 17.0. The lowest BCUT2D eigenvalue weighted by Gasteiger charge is -2.26. The predicted octanol–water partition coefficient (Wildman–Crippen LogP) is 7.18. The molecular weight excluding hydrogens is 469 g/mol. The van der Waals surface area contributed by atoms with E-state index in [0.29, 0.717) is 11.6 Å². The Morgan fingerprint density at radius 2 is 1.75 bits per heavy atom. The van der Waals surface area contributed by atoms with Crippen molar-refractivity contribution in [2.24, 2.45) is 5.92 Å². The molecule has 194 valence electrons. The highest BCUT2D eigenvalue weighted by molar-refractivity contribution is 6.00. The van der Waals surface area contributed by atoms with Crippen molar-refractivity contribution in [3.05, 3.63) is 64.9 Å². The lowest BCUT2D eigenvalue weighted by molar-refractivity contribution is -0.123. The third-order valence-corrected chi connectivity index (χ3v) is 6.25. The summed E-state index contributed by atoms with van der Waals surface area (Å²) in [5, 5.41) is 1.90. The molecule has 1 atom stereocenters. The molecule has 1 unspecified atom stereocenters. The summed E-state index contributed by atoms with van der Waals surface area (Å²) >= 11 is 0. The van der Waals surface area contributed by atoms with Gasteiger partial charge in [-0.2, -0.15) is 13.2 Å². The van der Waals surface area contributed by atoms with Crippen LogP contribution in [0, 0.1) is 12.8 Å². The number of benzene rings is 2. The van der Waals surface area contributed by atoms with E-state index in [-0.39, 0.29) is 17.1 Å². The van der Waals surface area contributed by atoms with E-state index < -0.39 is 18.6 Å². The minimum Gasteiger partial charge on any atom is -0.496 e. The Labute approximate surface area is 210 Å². The van der Waals surface area contributed by atoms with Crippen molar-refractivity contribution in [3.8, 4) is 11.5 Å². The molecule has 1 aliphatic rings. The van der Waals surface area contributed by atoms with Crippen LogP contribution < -0.4 is 19.7 Å². The molecule has 0 radical (unpaired) electrons. The molecule has 36 heavy (non-hydrogen) atoms. The first kappa shape index (κ1) is 27.2. The fraction of sp³-hybridized carbons (Fsp3) is 0.393. The third-order valence-electron chi connectivity index (χ3n) is 6.25. The maximum Gasteiger partial charge on any atom is 0.405 e. The molecule has 1 amide bonds. The van der Waals surface area contributed by atoms with Gasteiger partial charge in [0, 0.05) is 29.9 Å². The highest BCUT2D eigenvalue weighted by atomic mass is 19.4. The average molecular weight is 503 g/mol. The molecule has 0 heterocycles. The molecule has 0 fully saturated rings. The van der Waals surface area contributed by atoms with E-state index in [0.717, 1.165) is 29.7 Å². The molecular formula is C28H33F3N2O3. The fourth-order valence-electron chi connectivity index (χ4n) is 4.05. The van der Waals surface area contributed by atoms with Gasteiger partial charge in [0.2, 0.25) is 0 Å². The molecule has 2 aromatic carbocycles. The van der Waals surface area contributed by atoms with Gasteiger partial charge in [-0.15, -0.1) is 0 Å². The molecule has 3 rings (SSSR count). The highest BCUT2D eigenvalue weighted by Crippen LogP contribution is 2.43. The monoisotopic (exact) mass is 502 g/mol. The average Bonchev–Trinajstić information content (AvgIpc) is 3.64. The quantitative estimate of drug-likeness (QED) is 0.374. The smallest absolute Gasteiger partial charge is 0.405 e. The van der Waals surface area contributed by atoms with Crippen LogP contribution in [0.1, 0.15) is 55.1 Å². The standard InChI is InChI=1S/C28H33F3N2O3/c1-7-17(3)15-33(23-10-9-20(11-18(23)4)22-12-19(22)8-2)21-13-24(35-5)26(25(14-21)36-6)27(34)32-16-28(29,30)31/h9-15,19H,7-8,16H2,1-6H3,(H,32,34)/b17-15-. The molecule has 2 aromatic rings. The number of halogens is 3. The zero-order valence-corrected chi connectivity index (χ0v) is 21.5. The second-order valence-electron chi connectivity index (χ2n) is 8.86. The van der Waals surface area contributed by atoms with Crippen molar-refractivity contribution in [1.82, 2.24) is 5.32 Å². The van der Waals surface area contributed by atoms with Crippen LogP contribution in [0.5, 0.6) is 11.5 Å². The molecule has 0 saturated heterocycles. The lowest BCUT2D eigenvalue weighted by atomic mass is 10.0. The first-order valence-corrected chi connectivity index (χ1v) is 11.9. The number of amides is 1. The lowest BCUT2D eigenvalue weighted by Crippen LogP contribution is -2.34. The van der Waals surface area contributed by atoms with Crippen molar-refractivity contribution >= 4 is 22.9 Å². The second kappa shape index (κ2) is 11.1. The minimum atomic E-state index is -4.54. The number of nitrogens with one attached hydrogen (secondary N) is 1. The number of aryl methyl sites for hydroxylation is 1. The molecule has 0 aromatic heterocycles. The molecule has 0 bridgehead atoms. The van der Waals surface area contributed by atoms with Gasteiger partial charge in [0.05, 0.1) is 19.9 Å². The summed E-state index contributed by atoms with van der Waals surface area (Å²) in [6.45, 7) is 6.83. The number of alkyl halides is 3. The predicted molar refractivity (Wildman–Crippen MR) is 137 cm³/mol. The van der Waals surface area contributed by atoms with Crippen LogP contribution in [0.4, 0.5) is 24.5 Å². The Kier molecular flexibility index (Phi) is 8.38. The molecule has 5 nitrogen and oxygen atoms in total. The van der Waals surface area contributed by atoms with Crippen molar-refractivity contribution in [3.63, 3.8) is 0 Å². The van der Waals surface area contributed by atoms with Gasteiger partial charge in [-0.3, -0.25) is 4.79 Å². The van der Waals surface area contributed by atoms with E-state index in [2.05, 4.69) is 38.1 Å². The maximum absolute atomic E-state index is 12.7.